The minimum atomic E-state index is -3.79. The molecule has 0 saturated carbocycles. The largest absolute Gasteiger partial charge is 0.238 e. The number of aryl methyl sites for hydroxylation is 1. The van der Waals surface area contributed by atoms with E-state index in [0.29, 0.717) is 0 Å². The maximum Gasteiger partial charge on any atom is 0.238 e. The molecule has 0 amide bonds. The normalized spacial score (nSPS) is 11.6. The van der Waals surface area contributed by atoms with E-state index >= 15 is 0 Å². The van der Waals surface area contributed by atoms with Gasteiger partial charge in [0, 0.05) is 11.1 Å². The molecule has 7 heteroatoms. The minimum Gasteiger partial charge on any atom is -0.232 e. The molecule has 1 aromatic heterocycles. The molecule has 0 spiro atoms. The number of hydrogen-bond donors (Lipinski definition) is 1. The van der Waals surface area contributed by atoms with E-state index in [1.54, 1.807) is 28.9 Å². The van der Waals surface area contributed by atoms with E-state index in [4.69, 9.17) is 10.2 Å². The predicted octanol–water partition coefficient (Wildman–Crippen LogP) is 4.30. The first-order valence-corrected chi connectivity index (χ1v) is 10.4. The molecule has 5 nitrogen and oxygen atoms in total. The highest BCUT2D eigenvalue weighted by molar-refractivity contribution is 7.89. The summed E-state index contributed by atoms with van der Waals surface area (Å²) in [5.41, 5.74) is 4.83. The summed E-state index contributed by atoms with van der Waals surface area (Å²) in [7, 11) is -3.79. The monoisotopic (exact) mass is 407 g/mol. The van der Waals surface area contributed by atoms with Gasteiger partial charge in [-0.25, -0.2) is 22.6 Å². The highest BCUT2D eigenvalue weighted by atomic mass is 32.2. The summed E-state index contributed by atoms with van der Waals surface area (Å²) in [6.07, 6.45) is 0. The van der Waals surface area contributed by atoms with Crippen LogP contribution >= 0.6 is 0 Å². The second kappa shape index (κ2) is 7.27. The Balaban J connectivity index is 1.98. The van der Waals surface area contributed by atoms with Crippen molar-refractivity contribution in [1.29, 1.82) is 0 Å². The molecular formula is C22H18FN3O2S. The molecule has 4 rings (SSSR count). The van der Waals surface area contributed by atoms with Crippen molar-refractivity contribution < 1.29 is 12.8 Å². The Morgan fingerprint density at radius 2 is 1.45 bits per heavy atom. The SMILES string of the molecule is Cc1nn(-c2ccccc2)c(-c2ccc(S(N)(=O)=O)cc2)c1-c1ccc(F)cc1. The molecule has 0 radical (unpaired) electrons. The van der Waals surface area contributed by atoms with Crippen LogP contribution in [0.5, 0.6) is 0 Å². The predicted molar refractivity (Wildman–Crippen MR) is 111 cm³/mol. The average molecular weight is 407 g/mol. The number of nitrogens with two attached hydrogens (primary N) is 1. The molecule has 0 unspecified atom stereocenters. The number of halogens is 1. The first-order valence-electron chi connectivity index (χ1n) is 8.89. The molecule has 146 valence electrons. The number of benzene rings is 3. The Kier molecular flexibility index (Phi) is 4.77. The number of aromatic nitrogens is 2. The van der Waals surface area contributed by atoms with E-state index in [2.05, 4.69) is 0 Å². The quantitative estimate of drug-likeness (QED) is 0.548. The fraction of sp³-hybridized carbons (Fsp3) is 0.0455. The second-order valence-corrected chi connectivity index (χ2v) is 8.19. The average Bonchev–Trinajstić information content (AvgIpc) is 3.06. The molecule has 2 N–H and O–H groups in total. The molecule has 4 aromatic rings. The van der Waals surface area contributed by atoms with Gasteiger partial charge in [-0.2, -0.15) is 5.10 Å². The molecule has 3 aromatic carbocycles. The lowest BCUT2D eigenvalue weighted by Crippen LogP contribution is -2.11. The van der Waals surface area contributed by atoms with Gasteiger partial charge in [-0.1, -0.05) is 42.5 Å². The van der Waals surface area contributed by atoms with Gasteiger partial charge in [-0.3, -0.25) is 0 Å². The van der Waals surface area contributed by atoms with Crippen molar-refractivity contribution in [2.45, 2.75) is 11.8 Å². The van der Waals surface area contributed by atoms with Gasteiger partial charge in [0.25, 0.3) is 0 Å². The Morgan fingerprint density at radius 1 is 0.862 bits per heavy atom. The fourth-order valence-electron chi connectivity index (χ4n) is 3.31. The van der Waals surface area contributed by atoms with E-state index < -0.39 is 10.0 Å². The van der Waals surface area contributed by atoms with Crippen molar-refractivity contribution in [3.63, 3.8) is 0 Å². The third-order valence-electron chi connectivity index (χ3n) is 4.65. The highest BCUT2D eigenvalue weighted by Crippen LogP contribution is 2.37. The smallest absolute Gasteiger partial charge is 0.232 e. The van der Waals surface area contributed by atoms with E-state index in [1.165, 1.54) is 24.3 Å². The third kappa shape index (κ3) is 3.70. The lowest BCUT2D eigenvalue weighted by molar-refractivity contribution is 0.598. The van der Waals surface area contributed by atoms with E-state index in [-0.39, 0.29) is 10.7 Å². The Morgan fingerprint density at radius 3 is 2.03 bits per heavy atom. The molecule has 0 bridgehead atoms. The summed E-state index contributed by atoms with van der Waals surface area (Å²) in [4.78, 5) is 0.0343. The van der Waals surface area contributed by atoms with E-state index in [1.807, 2.05) is 37.3 Å². The van der Waals surface area contributed by atoms with Crippen molar-refractivity contribution in [3.05, 3.63) is 90.4 Å². The number of nitrogens with zero attached hydrogens (tertiary/aromatic N) is 2. The third-order valence-corrected chi connectivity index (χ3v) is 5.58. The molecule has 0 aliphatic rings. The van der Waals surface area contributed by atoms with Crippen molar-refractivity contribution in [2.75, 3.05) is 0 Å². The molecule has 0 fully saturated rings. The summed E-state index contributed by atoms with van der Waals surface area (Å²) < 4.78 is 38.5. The summed E-state index contributed by atoms with van der Waals surface area (Å²) in [5, 5.41) is 9.93. The molecule has 1 heterocycles. The molecular weight excluding hydrogens is 389 g/mol. The lowest BCUT2D eigenvalue weighted by Gasteiger charge is -2.11. The van der Waals surface area contributed by atoms with Crippen molar-refractivity contribution in [1.82, 2.24) is 9.78 Å². The zero-order valence-corrected chi connectivity index (χ0v) is 16.4. The number of para-hydroxylation sites is 1. The first kappa shape index (κ1) is 19.0. The molecule has 0 aliphatic carbocycles. The van der Waals surface area contributed by atoms with Crippen molar-refractivity contribution in [2.24, 2.45) is 5.14 Å². The standard InChI is InChI=1S/C22H18FN3O2S/c1-15-21(16-7-11-18(23)12-8-16)22(26(25-15)19-5-3-2-4-6-19)17-9-13-20(14-10-17)29(24,27)28/h2-14H,1H3,(H2,24,27,28). The Hall–Kier alpha value is -3.29. The van der Waals surface area contributed by atoms with E-state index in [9.17, 15) is 12.8 Å². The van der Waals surface area contributed by atoms with Crippen LogP contribution < -0.4 is 5.14 Å². The van der Waals surface area contributed by atoms with Crippen LogP contribution in [0.4, 0.5) is 4.39 Å². The summed E-state index contributed by atoms with van der Waals surface area (Å²) in [6, 6.07) is 22.2. The molecule has 0 atom stereocenters. The van der Waals surface area contributed by atoms with Gasteiger partial charge in [0.1, 0.15) is 5.82 Å². The summed E-state index contributed by atoms with van der Waals surface area (Å²) in [6.45, 7) is 1.89. The molecule has 29 heavy (non-hydrogen) atoms. The maximum atomic E-state index is 13.5. The number of sulfonamides is 1. The van der Waals surface area contributed by atoms with Gasteiger partial charge in [0.2, 0.25) is 10.0 Å². The lowest BCUT2D eigenvalue weighted by atomic mass is 9.99. The van der Waals surface area contributed by atoms with Crippen LogP contribution in [0.25, 0.3) is 28.1 Å². The van der Waals surface area contributed by atoms with Crippen LogP contribution in [0.1, 0.15) is 5.69 Å². The zero-order chi connectivity index (χ0) is 20.6. The van der Waals surface area contributed by atoms with Crippen molar-refractivity contribution in [3.8, 4) is 28.1 Å². The van der Waals surface area contributed by atoms with E-state index in [0.717, 1.165) is 33.8 Å². The van der Waals surface area contributed by atoms with Crippen LogP contribution in [0.3, 0.4) is 0 Å². The van der Waals surface area contributed by atoms with Crippen LogP contribution in [-0.4, -0.2) is 18.2 Å². The van der Waals surface area contributed by atoms with Crippen LogP contribution in [0.2, 0.25) is 0 Å². The minimum absolute atomic E-state index is 0.0343. The number of primary sulfonamides is 1. The maximum absolute atomic E-state index is 13.5. The van der Waals surface area contributed by atoms with Gasteiger partial charge in [-0.15, -0.1) is 0 Å². The highest BCUT2D eigenvalue weighted by Gasteiger charge is 2.20. The number of rotatable bonds is 4. The van der Waals surface area contributed by atoms with Gasteiger partial charge < -0.3 is 0 Å². The number of hydrogen-bond acceptors (Lipinski definition) is 3. The van der Waals surface area contributed by atoms with Gasteiger partial charge in [0.05, 0.1) is 22.0 Å². The molecule has 0 saturated heterocycles. The summed E-state index contributed by atoms with van der Waals surface area (Å²) >= 11 is 0. The van der Waals surface area contributed by atoms with Gasteiger partial charge >= 0.3 is 0 Å². The van der Waals surface area contributed by atoms with Crippen LogP contribution in [0.15, 0.2) is 83.8 Å². The van der Waals surface area contributed by atoms with Crippen molar-refractivity contribution >= 4 is 10.0 Å². The van der Waals surface area contributed by atoms with Crippen LogP contribution in [-0.2, 0) is 10.0 Å². The topological polar surface area (TPSA) is 78.0 Å². The van der Waals surface area contributed by atoms with Gasteiger partial charge in [-0.05, 0) is 48.9 Å². The van der Waals surface area contributed by atoms with Crippen LogP contribution in [0, 0.1) is 12.7 Å². The Labute approximate surface area is 168 Å². The molecule has 0 aliphatic heterocycles. The zero-order valence-electron chi connectivity index (χ0n) is 15.6. The fourth-order valence-corrected chi connectivity index (χ4v) is 3.83. The second-order valence-electron chi connectivity index (χ2n) is 6.63. The summed E-state index contributed by atoms with van der Waals surface area (Å²) in [5.74, 6) is -0.319. The van der Waals surface area contributed by atoms with Gasteiger partial charge in [0.15, 0.2) is 0 Å². The Bertz CT molecular complexity index is 1260. The first-order chi connectivity index (χ1) is 13.8.